The van der Waals surface area contributed by atoms with Crippen LogP contribution in [0.15, 0.2) is 53.4 Å². The lowest BCUT2D eigenvalue weighted by Gasteiger charge is -2.30. The maximum atomic E-state index is 14.5. The van der Waals surface area contributed by atoms with E-state index >= 15 is 0 Å². The zero-order chi connectivity index (χ0) is 19.6. The summed E-state index contributed by atoms with van der Waals surface area (Å²) in [5.74, 6) is -0.970. The molecule has 0 unspecified atom stereocenters. The number of carbonyl (C=O) groups is 1. The van der Waals surface area contributed by atoms with Crippen LogP contribution in [-0.4, -0.2) is 16.9 Å². The fraction of sp³-hybridized carbons (Fsp3) is 0.158. The summed E-state index contributed by atoms with van der Waals surface area (Å²) in [4.78, 5) is 20.5. The minimum Gasteiger partial charge on any atom is -0.434 e. The van der Waals surface area contributed by atoms with E-state index in [4.69, 9.17) is 15.7 Å². The van der Waals surface area contributed by atoms with Crippen LogP contribution in [0.25, 0.3) is 0 Å². The summed E-state index contributed by atoms with van der Waals surface area (Å²) in [5, 5.41) is 11.5. The topological polar surface area (TPSA) is 113 Å². The second kappa shape index (κ2) is 6.88. The van der Waals surface area contributed by atoms with Crippen LogP contribution in [-0.2, 0) is 10.3 Å². The van der Waals surface area contributed by atoms with Crippen molar-refractivity contribution in [2.24, 2.45) is 10.7 Å². The summed E-state index contributed by atoms with van der Waals surface area (Å²) in [6, 6.07) is 8.98. The van der Waals surface area contributed by atoms with E-state index in [1.165, 1.54) is 42.8 Å². The first-order valence-corrected chi connectivity index (χ1v) is 8.00. The first kappa shape index (κ1) is 18.1. The lowest BCUT2D eigenvalue weighted by atomic mass is 9.85. The average Bonchev–Trinajstić information content (AvgIpc) is 2.66. The Balaban J connectivity index is 1.91. The molecule has 1 aliphatic heterocycles. The van der Waals surface area contributed by atoms with E-state index in [0.29, 0.717) is 16.8 Å². The predicted octanol–water partition coefficient (Wildman–Crippen LogP) is 2.81. The van der Waals surface area contributed by atoms with Crippen molar-refractivity contribution in [3.63, 3.8) is 0 Å². The van der Waals surface area contributed by atoms with Crippen LogP contribution in [0.4, 0.5) is 10.1 Å². The number of nitrogens with zero attached hydrogens (tertiary/aromatic N) is 3. The molecule has 0 spiro atoms. The first-order valence-electron chi connectivity index (χ1n) is 8.00. The second-order valence-electron chi connectivity index (χ2n) is 6.13. The number of amidine groups is 1. The normalized spacial score (nSPS) is 18.6. The van der Waals surface area contributed by atoms with E-state index in [-0.39, 0.29) is 17.3 Å². The van der Waals surface area contributed by atoms with Gasteiger partial charge in [-0.25, -0.2) is 14.4 Å². The van der Waals surface area contributed by atoms with Gasteiger partial charge in [0, 0.05) is 17.4 Å². The van der Waals surface area contributed by atoms with Crippen LogP contribution in [0.1, 0.15) is 35.5 Å². The van der Waals surface area contributed by atoms with Crippen molar-refractivity contribution in [1.29, 1.82) is 5.26 Å². The summed E-state index contributed by atoms with van der Waals surface area (Å²) in [5.41, 5.74) is 6.34. The number of amides is 1. The second-order valence-corrected chi connectivity index (χ2v) is 6.13. The minimum absolute atomic E-state index is 0.0706. The molecule has 1 aromatic carbocycles. The van der Waals surface area contributed by atoms with E-state index in [1.807, 2.05) is 6.07 Å². The molecule has 0 aliphatic carbocycles. The quantitative estimate of drug-likeness (QED) is 0.868. The van der Waals surface area contributed by atoms with Gasteiger partial charge in [0.15, 0.2) is 0 Å². The summed E-state index contributed by atoms with van der Waals surface area (Å²) in [6.45, 7) is 3.46. The van der Waals surface area contributed by atoms with Gasteiger partial charge >= 0.3 is 0 Å². The first-order chi connectivity index (χ1) is 12.8. The van der Waals surface area contributed by atoms with Gasteiger partial charge < -0.3 is 15.8 Å². The molecule has 0 bridgehead atoms. The van der Waals surface area contributed by atoms with Crippen molar-refractivity contribution >= 4 is 17.6 Å². The summed E-state index contributed by atoms with van der Waals surface area (Å²) in [6.07, 6.45) is 2.73. The third kappa shape index (κ3) is 3.48. The number of anilines is 1. The van der Waals surface area contributed by atoms with E-state index < -0.39 is 17.3 Å². The van der Waals surface area contributed by atoms with Gasteiger partial charge in [-0.1, -0.05) is 0 Å². The standard InChI is InChI=1S/C19H16FN5O2/c1-11-10-27-18(22)25-19(11,2)14-7-13(4-5-15(14)20)24-17(26)16-6-3-12(8-21)9-23-16/h3-7,9-10H,1-2H3,(H2,22,25)(H,24,26)/t19-/m0/s1. The molecular weight excluding hydrogens is 349 g/mol. The molecule has 0 radical (unpaired) electrons. The Labute approximate surface area is 155 Å². The molecule has 0 fully saturated rings. The number of nitriles is 1. The average molecular weight is 365 g/mol. The van der Waals surface area contributed by atoms with Crippen molar-refractivity contribution in [3.8, 4) is 6.07 Å². The SMILES string of the molecule is CC1=COC(N)=N[C@]1(C)c1cc(NC(=O)c2ccc(C#N)cn2)ccc1F. The maximum absolute atomic E-state index is 14.5. The molecule has 2 aromatic rings. The van der Waals surface area contributed by atoms with E-state index in [0.717, 1.165) is 0 Å². The van der Waals surface area contributed by atoms with Crippen molar-refractivity contribution < 1.29 is 13.9 Å². The van der Waals surface area contributed by atoms with Crippen molar-refractivity contribution in [2.45, 2.75) is 19.4 Å². The van der Waals surface area contributed by atoms with Gasteiger partial charge in [-0.3, -0.25) is 4.79 Å². The molecule has 136 valence electrons. The van der Waals surface area contributed by atoms with Crippen LogP contribution in [0.3, 0.4) is 0 Å². The van der Waals surface area contributed by atoms with Crippen LogP contribution in [0.2, 0.25) is 0 Å². The lowest BCUT2D eigenvalue weighted by molar-refractivity contribution is 0.102. The number of hydrogen-bond acceptors (Lipinski definition) is 6. The molecule has 1 atom stereocenters. The van der Waals surface area contributed by atoms with Crippen LogP contribution < -0.4 is 11.1 Å². The molecule has 2 heterocycles. The lowest BCUT2D eigenvalue weighted by Crippen LogP contribution is -2.31. The number of nitrogens with two attached hydrogens (primary N) is 1. The molecule has 0 saturated heterocycles. The Hall–Kier alpha value is -3.73. The molecule has 27 heavy (non-hydrogen) atoms. The number of benzene rings is 1. The fourth-order valence-corrected chi connectivity index (χ4v) is 2.64. The number of hydrogen-bond donors (Lipinski definition) is 2. The molecule has 0 saturated carbocycles. The van der Waals surface area contributed by atoms with Gasteiger partial charge in [0.25, 0.3) is 11.9 Å². The zero-order valence-corrected chi connectivity index (χ0v) is 14.7. The monoisotopic (exact) mass is 365 g/mol. The molecule has 1 aliphatic rings. The largest absolute Gasteiger partial charge is 0.434 e. The van der Waals surface area contributed by atoms with Crippen molar-refractivity contribution in [2.75, 3.05) is 5.32 Å². The van der Waals surface area contributed by atoms with Gasteiger partial charge in [-0.05, 0) is 49.8 Å². The third-order valence-corrected chi connectivity index (χ3v) is 4.33. The van der Waals surface area contributed by atoms with Gasteiger partial charge in [0.05, 0.1) is 11.8 Å². The number of halogens is 1. The number of pyridine rings is 1. The number of aliphatic imine (C=N–C) groups is 1. The molecule has 7 nitrogen and oxygen atoms in total. The Morgan fingerprint density at radius 3 is 2.81 bits per heavy atom. The number of ether oxygens (including phenoxy) is 1. The summed E-state index contributed by atoms with van der Waals surface area (Å²) in [7, 11) is 0. The maximum Gasteiger partial charge on any atom is 0.288 e. The zero-order valence-electron chi connectivity index (χ0n) is 14.7. The highest BCUT2D eigenvalue weighted by Gasteiger charge is 2.34. The number of nitrogens with one attached hydrogen (secondary N) is 1. The highest BCUT2D eigenvalue weighted by Crippen LogP contribution is 2.38. The number of rotatable bonds is 3. The van der Waals surface area contributed by atoms with E-state index in [9.17, 15) is 9.18 Å². The van der Waals surface area contributed by atoms with Gasteiger partial charge in [0.1, 0.15) is 23.1 Å². The fourth-order valence-electron chi connectivity index (χ4n) is 2.64. The predicted molar refractivity (Wildman–Crippen MR) is 97.1 cm³/mol. The number of aromatic nitrogens is 1. The highest BCUT2D eigenvalue weighted by atomic mass is 19.1. The molecular formula is C19H16FN5O2. The van der Waals surface area contributed by atoms with Crippen molar-refractivity contribution in [1.82, 2.24) is 4.98 Å². The Kier molecular flexibility index (Phi) is 4.60. The molecule has 8 heteroatoms. The Morgan fingerprint density at radius 1 is 1.37 bits per heavy atom. The number of carbonyl (C=O) groups excluding carboxylic acids is 1. The molecule has 3 N–H and O–H groups in total. The Morgan fingerprint density at radius 2 is 2.15 bits per heavy atom. The molecule has 1 amide bonds. The summed E-state index contributed by atoms with van der Waals surface area (Å²) >= 11 is 0. The summed E-state index contributed by atoms with van der Waals surface area (Å²) < 4.78 is 19.6. The van der Waals surface area contributed by atoms with Gasteiger partial charge in [0.2, 0.25) is 0 Å². The smallest absolute Gasteiger partial charge is 0.288 e. The van der Waals surface area contributed by atoms with Crippen LogP contribution in [0.5, 0.6) is 0 Å². The van der Waals surface area contributed by atoms with E-state index in [2.05, 4.69) is 15.3 Å². The van der Waals surface area contributed by atoms with Crippen LogP contribution in [0, 0.1) is 17.1 Å². The van der Waals surface area contributed by atoms with Crippen LogP contribution >= 0.6 is 0 Å². The molecule has 3 rings (SSSR count). The minimum atomic E-state index is -1.06. The van der Waals surface area contributed by atoms with E-state index in [1.54, 1.807) is 13.8 Å². The third-order valence-electron chi connectivity index (χ3n) is 4.33. The van der Waals surface area contributed by atoms with Crippen molar-refractivity contribution in [3.05, 3.63) is 71.0 Å². The van der Waals surface area contributed by atoms with Gasteiger partial charge in [-0.15, -0.1) is 0 Å². The molecule has 1 aromatic heterocycles. The Bertz CT molecular complexity index is 1010. The highest BCUT2D eigenvalue weighted by molar-refractivity contribution is 6.02. The van der Waals surface area contributed by atoms with Gasteiger partial charge in [-0.2, -0.15) is 5.26 Å².